The molecule has 0 bridgehead atoms. The lowest BCUT2D eigenvalue weighted by atomic mass is 10.1. The van der Waals surface area contributed by atoms with Crippen LogP contribution in [0, 0.1) is 5.82 Å². The molecule has 3 aromatic carbocycles. The first-order chi connectivity index (χ1) is 17.1. The Morgan fingerprint density at radius 3 is 2.42 bits per heavy atom. The molecule has 36 heavy (non-hydrogen) atoms. The highest BCUT2D eigenvalue weighted by molar-refractivity contribution is 6.25. The topological polar surface area (TPSA) is 69.7 Å². The molecule has 1 atom stereocenters. The van der Waals surface area contributed by atoms with Crippen LogP contribution in [0.25, 0.3) is 10.8 Å². The van der Waals surface area contributed by atoms with Gasteiger partial charge in [0.15, 0.2) is 0 Å². The van der Waals surface area contributed by atoms with Crippen LogP contribution in [0.1, 0.15) is 56.5 Å². The number of benzene rings is 3. The molecule has 3 aromatic rings. The van der Waals surface area contributed by atoms with Gasteiger partial charge in [-0.15, -0.1) is 0 Å². The molecule has 3 amide bonds. The molecule has 0 fully saturated rings. The van der Waals surface area contributed by atoms with Crippen molar-refractivity contribution in [1.82, 2.24) is 10.2 Å². The molecule has 0 aromatic heterocycles. The largest absolute Gasteiger partial charge is 0.350 e. The van der Waals surface area contributed by atoms with E-state index in [4.69, 9.17) is 0 Å². The highest BCUT2D eigenvalue weighted by atomic mass is 19.1. The molecule has 1 aliphatic rings. The van der Waals surface area contributed by atoms with Gasteiger partial charge in [0.1, 0.15) is 11.9 Å². The number of rotatable bonds is 8. The summed E-state index contributed by atoms with van der Waals surface area (Å²) in [6, 6.07) is 17.0. The molecule has 6 nitrogen and oxygen atoms in total. The molecule has 0 spiro atoms. The van der Waals surface area contributed by atoms with E-state index in [1.54, 1.807) is 30.0 Å². The lowest BCUT2D eigenvalue weighted by Crippen LogP contribution is -2.52. The van der Waals surface area contributed by atoms with Crippen LogP contribution in [0.5, 0.6) is 0 Å². The average Bonchev–Trinajstić information content (AvgIpc) is 3.10. The molecule has 0 unspecified atom stereocenters. The van der Waals surface area contributed by atoms with E-state index in [0.717, 1.165) is 16.5 Å². The quantitative estimate of drug-likeness (QED) is 0.481. The van der Waals surface area contributed by atoms with Gasteiger partial charge in [-0.1, -0.05) is 42.5 Å². The summed E-state index contributed by atoms with van der Waals surface area (Å²) in [5.74, 6) is -1.07. The second kappa shape index (κ2) is 10.1. The van der Waals surface area contributed by atoms with Crippen molar-refractivity contribution >= 4 is 34.2 Å². The van der Waals surface area contributed by atoms with Crippen LogP contribution in [0.2, 0.25) is 0 Å². The standard InChI is InChI=1S/C29H32FN3O3/c1-19(27(35)31-29(2,3)4)33(18-21-10-5-6-14-23(21)30)25(34)16-9-17-32-24-15-8-12-20-11-7-13-22(26(20)24)28(32)36/h5-8,10-15,19H,9,16-18H2,1-4H3,(H,31,35)/t19-/m1/s1. The maximum atomic E-state index is 14.4. The molecule has 0 saturated heterocycles. The Morgan fingerprint density at radius 2 is 1.72 bits per heavy atom. The third-order valence-electron chi connectivity index (χ3n) is 6.39. The summed E-state index contributed by atoms with van der Waals surface area (Å²) in [4.78, 5) is 42.4. The fourth-order valence-electron chi connectivity index (χ4n) is 4.60. The third-order valence-corrected chi connectivity index (χ3v) is 6.39. The van der Waals surface area contributed by atoms with Crippen LogP contribution in [-0.2, 0) is 16.1 Å². The SMILES string of the molecule is C[C@H](C(=O)NC(C)(C)C)N(Cc1ccccc1F)C(=O)CCCN1C(=O)c2cccc3cccc1c23. The Hall–Kier alpha value is -3.74. The first-order valence-corrected chi connectivity index (χ1v) is 12.3. The van der Waals surface area contributed by atoms with Crippen LogP contribution < -0.4 is 10.2 Å². The number of carbonyl (C=O) groups is 3. The summed E-state index contributed by atoms with van der Waals surface area (Å²) in [5.41, 5.74) is 1.40. The van der Waals surface area contributed by atoms with Gasteiger partial charge in [0, 0.05) is 41.6 Å². The average molecular weight is 490 g/mol. The minimum absolute atomic E-state index is 0.0162. The van der Waals surface area contributed by atoms with Crippen molar-refractivity contribution in [1.29, 1.82) is 0 Å². The number of halogens is 1. The van der Waals surface area contributed by atoms with E-state index < -0.39 is 17.4 Å². The number of amides is 3. The fourth-order valence-corrected chi connectivity index (χ4v) is 4.60. The second-order valence-corrected chi connectivity index (χ2v) is 10.3. The first-order valence-electron chi connectivity index (χ1n) is 12.3. The number of nitrogens with zero attached hydrogens (tertiary/aromatic N) is 2. The summed E-state index contributed by atoms with van der Waals surface area (Å²) in [6.45, 7) is 7.61. The van der Waals surface area contributed by atoms with Crippen LogP contribution in [-0.4, -0.2) is 40.7 Å². The summed E-state index contributed by atoms with van der Waals surface area (Å²) < 4.78 is 14.4. The van der Waals surface area contributed by atoms with Gasteiger partial charge in [-0.25, -0.2) is 4.39 Å². The smallest absolute Gasteiger partial charge is 0.258 e. The normalized spacial score (nSPS) is 13.7. The van der Waals surface area contributed by atoms with E-state index in [-0.39, 0.29) is 30.7 Å². The molecular formula is C29H32FN3O3. The van der Waals surface area contributed by atoms with Gasteiger partial charge < -0.3 is 15.1 Å². The molecule has 1 heterocycles. The van der Waals surface area contributed by atoms with Crippen molar-refractivity contribution < 1.29 is 18.8 Å². The minimum atomic E-state index is -0.789. The Morgan fingerprint density at radius 1 is 1.03 bits per heavy atom. The Bertz CT molecular complexity index is 1310. The van der Waals surface area contributed by atoms with Gasteiger partial charge in [-0.3, -0.25) is 14.4 Å². The predicted molar refractivity (Wildman–Crippen MR) is 139 cm³/mol. The van der Waals surface area contributed by atoms with Gasteiger partial charge >= 0.3 is 0 Å². The maximum Gasteiger partial charge on any atom is 0.258 e. The Labute approximate surface area is 211 Å². The Balaban J connectivity index is 1.48. The third kappa shape index (κ3) is 5.25. The molecule has 0 radical (unpaired) electrons. The van der Waals surface area contributed by atoms with Gasteiger partial charge in [-0.05, 0) is 57.7 Å². The van der Waals surface area contributed by atoms with E-state index in [1.165, 1.54) is 11.0 Å². The van der Waals surface area contributed by atoms with Crippen LogP contribution in [0.3, 0.4) is 0 Å². The summed E-state index contributed by atoms with van der Waals surface area (Å²) >= 11 is 0. The van der Waals surface area contributed by atoms with Gasteiger partial charge in [0.05, 0.1) is 5.69 Å². The van der Waals surface area contributed by atoms with Crippen LogP contribution in [0.4, 0.5) is 10.1 Å². The second-order valence-electron chi connectivity index (χ2n) is 10.3. The molecule has 188 valence electrons. The molecule has 4 rings (SSSR count). The van der Waals surface area contributed by atoms with E-state index in [0.29, 0.717) is 24.1 Å². The number of hydrogen-bond acceptors (Lipinski definition) is 3. The van der Waals surface area contributed by atoms with Crippen molar-refractivity contribution in [3.63, 3.8) is 0 Å². The maximum absolute atomic E-state index is 14.4. The zero-order valence-electron chi connectivity index (χ0n) is 21.2. The number of hydrogen-bond donors (Lipinski definition) is 1. The molecule has 7 heteroatoms. The Kier molecular flexibility index (Phi) is 7.11. The van der Waals surface area contributed by atoms with Gasteiger partial charge in [0.25, 0.3) is 5.91 Å². The molecule has 0 saturated carbocycles. The lowest BCUT2D eigenvalue weighted by Gasteiger charge is -2.31. The highest BCUT2D eigenvalue weighted by Gasteiger charge is 2.31. The molecule has 0 aliphatic carbocycles. The number of carbonyl (C=O) groups excluding carboxylic acids is 3. The van der Waals surface area contributed by atoms with Gasteiger partial charge in [-0.2, -0.15) is 0 Å². The van der Waals surface area contributed by atoms with E-state index in [2.05, 4.69) is 5.32 Å². The zero-order chi connectivity index (χ0) is 26.0. The number of nitrogens with one attached hydrogen (secondary N) is 1. The van der Waals surface area contributed by atoms with Crippen molar-refractivity contribution in [2.75, 3.05) is 11.4 Å². The molecule has 1 aliphatic heterocycles. The van der Waals surface area contributed by atoms with E-state index in [1.807, 2.05) is 57.2 Å². The monoisotopic (exact) mass is 489 g/mol. The highest BCUT2D eigenvalue weighted by Crippen LogP contribution is 2.37. The van der Waals surface area contributed by atoms with Crippen molar-refractivity contribution in [3.05, 3.63) is 77.6 Å². The molecule has 1 N–H and O–H groups in total. The fraction of sp³-hybridized carbons (Fsp3) is 0.345. The van der Waals surface area contributed by atoms with E-state index in [9.17, 15) is 18.8 Å². The van der Waals surface area contributed by atoms with Crippen molar-refractivity contribution in [2.24, 2.45) is 0 Å². The van der Waals surface area contributed by atoms with Crippen molar-refractivity contribution in [2.45, 2.75) is 58.7 Å². The van der Waals surface area contributed by atoms with Gasteiger partial charge in [0.2, 0.25) is 11.8 Å². The summed E-state index contributed by atoms with van der Waals surface area (Å²) in [5, 5.41) is 4.84. The van der Waals surface area contributed by atoms with E-state index >= 15 is 0 Å². The predicted octanol–water partition coefficient (Wildman–Crippen LogP) is 5.05. The number of anilines is 1. The first kappa shape index (κ1) is 25.4. The van der Waals surface area contributed by atoms with Crippen LogP contribution in [0.15, 0.2) is 60.7 Å². The molecular weight excluding hydrogens is 457 g/mol. The van der Waals surface area contributed by atoms with Crippen molar-refractivity contribution in [3.8, 4) is 0 Å². The lowest BCUT2D eigenvalue weighted by molar-refractivity contribution is -0.141. The summed E-state index contributed by atoms with van der Waals surface area (Å²) in [7, 11) is 0. The zero-order valence-corrected chi connectivity index (χ0v) is 21.2. The summed E-state index contributed by atoms with van der Waals surface area (Å²) in [6.07, 6.45) is 0.536. The van der Waals surface area contributed by atoms with Crippen LogP contribution >= 0.6 is 0 Å². The minimum Gasteiger partial charge on any atom is -0.350 e.